The fourth-order valence-corrected chi connectivity index (χ4v) is 0.598. The summed E-state index contributed by atoms with van der Waals surface area (Å²) < 4.78 is 0. The second-order valence-corrected chi connectivity index (χ2v) is 2.09. The fraction of sp³-hybridized carbons (Fsp3) is 0.857. The van der Waals surface area contributed by atoms with E-state index in [9.17, 15) is 0 Å². The first kappa shape index (κ1) is 8.92. The summed E-state index contributed by atoms with van der Waals surface area (Å²) in [6.45, 7) is 5.02. The Labute approximate surface area is 57.8 Å². The molecule has 1 radical (unpaired) electrons. The van der Waals surface area contributed by atoms with Gasteiger partial charge in [0.15, 0.2) is 0 Å². The van der Waals surface area contributed by atoms with Gasteiger partial charge >= 0.3 is 0 Å². The van der Waals surface area contributed by atoms with Crippen molar-refractivity contribution in [1.82, 2.24) is 5.32 Å². The molecule has 0 aromatic heterocycles. The van der Waals surface area contributed by atoms with Gasteiger partial charge in [-0.05, 0) is 38.9 Å². The van der Waals surface area contributed by atoms with Gasteiger partial charge in [0.25, 0.3) is 0 Å². The number of hydrogen-bond acceptors (Lipinski definition) is 2. The smallest absolute Gasteiger partial charge is 0.00369 e. The lowest BCUT2D eigenvalue weighted by molar-refractivity contribution is 0.650. The lowest BCUT2D eigenvalue weighted by Crippen LogP contribution is -2.19. The Morgan fingerprint density at radius 2 is 2.22 bits per heavy atom. The standard InChI is InChI=1S/C7H17N2/c1-2-3-6-9-7-4-5-8/h2,9H,3-8H2,1H3. The minimum Gasteiger partial charge on any atom is -0.330 e. The van der Waals surface area contributed by atoms with Gasteiger partial charge in [-0.3, -0.25) is 0 Å². The molecule has 0 aromatic carbocycles. The van der Waals surface area contributed by atoms with Crippen molar-refractivity contribution in [2.75, 3.05) is 19.6 Å². The van der Waals surface area contributed by atoms with Gasteiger partial charge in [-0.15, -0.1) is 0 Å². The molecular formula is C7H17N2. The van der Waals surface area contributed by atoms with Crippen LogP contribution in [0.2, 0.25) is 0 Å². The Balaban J connectivity index is 2.60. The van der Waals surface area contributed by atoms with Gasteiger partial charge in [0, 0.05) is 0 Å². The molecule has 0 bridgehead atoms. The second kappa shape index (κ2) is 7.92. The summed E-state index contributed by atoms with van der Waals surface area (Å²) in [6.07, 6.45) is 4.41. The molecule has 0 fully saturated rings. The van der Waals surface area contributed by atoms with Gasteiger partial charge in [-0.2, -0.15) is 0 Å². The molecule has 55 valence electrons. The van der Waals surface area contributed by atoms with E-state index in [-0.39, 0.29) is 0 Å². The van der Waals surface area contributed by atoms with Crippen molar-refractivity contribution in [3.8, 4) is 0 Å². The van der Waals surface area contributed by atoms with Crippen LogP contribution in [0, 0.1) is 6.42 Å². The van der Waals surface area contributed by atoms with Crippen molar-refractivity contribution >= 4 is 0 Å². The Kier molecular flexibility index (Phi) is 7.85. The Morgan fingerprint density at radius 1 is 1.44 bits per heavy atom. The minimum atomic E-state index is 0.794. The number of unbranched alkanes of at least 4 members (excludes halogenated alkanes) is 1. The molecule has 9 heavy (non-hydrogen) atoms. The van der Waals surface area contributed by atoms with Crippen LogP contribution in [0.5, 0.6) is 0 Å². The van der Waals surface area contributed by atoms with Gasteiger partial charge in [0.2, 0.25) is 0 Å². The molecule has 0 atom stereocenters. The van der Waals surface area contributed by atoms with Crippen LogP contribution in [0.4, 0.5) is 0 Å². The first-order valence-corrected chi connectivity index (χ1v) is 3.60. The largest absolute Gasteiger partial charge is 0.330 e. The third-order valence-corrected chi connectivity index (χ3v) is 1.17. The third kappa shape index (κ3) is 7.92. The fourth-order valence-electron chi connectivity index (χ4n) is 0.598. The minimum absolute atomic E-state index is 0.794. The van der Waals surface area contributed by atoms with E-state index in [2.05, 4.69) is 18.7 Å². The van der Waals surface area contributed by atoms with Gasteiger partial charge in [0.05, 0.1) is 0 Å². The summed E-state index contributed by atoms with van der Waals surface area (Å²) in [6, 6.07) is 0. The second-order valence-electron chi connectivity index (χ2n) is 2.09. The summed E-state index contributed by atoms with van der Waals surface area (Å²) in [4.78, 5) is 0. The van der Waals surface area contributed by atoms with E-state index in [0.29, 0.717) is 0 Å². The summed E-state index contributed by atoms with van der Waals surface area (Å²) in [5.41, 5.74) is 5.30. The van der Waals surface area contributed by atoms with E-state index in [0.717, 1.165) is 32.5 Å². The molecule has 0 amide bonds. The van der Waals surface area contributed by atoms with Crippen LogP contribution in [0.25, 0.3) is 0 Å². The molecule has 0 rings (SSSR count). The van der Waals surface area contributed by atoms with Crippen LogP contribution in [0.15, 0.2) is 0 Å². The Bertz CT molecular complexity index is 40.2. The van der Waals surface area contributed by atoms with E-state index in [4.69, 9.17) is 5.73 Å². The van der Waals surface area contributed by atoms with E-state index >= 15 is 0 Å². The van der Waals surface area contributed by atoms with Crippen molar-refractivity contribution in [3.63, 3.8) is 0 Å². The topological polar surface area (TPSA) is 38.0 Å². The Morgan fingerprint density at radius 3 is 2.78 bits per heavy atom. The highest BCUT2D eigenvalue weighted by molar-refractivity contribution is 4.57. The highest BCUT2D eigenvalue weighted by Crippen LogP contribution is 1.80. The molecule has 0 aliphatic rings. The monoisotopic (exact) mass is 129 g/mol. The third-order valence-electron chi connectivity index (χ3n) is 1.17. The summed E-state index contributed by atoms with van der Waals surface area (Å²) in [7, 11) is 0. The van der Waals surface area contributed by atoms with Crippen LogP contribution < -0.4 is 11.1 Å². The zero-order valence-corrected chi connectivity index (χ0v) is 6.19. The molecule has 2 heteroatoms. The molecule has 0 aliphatic heterocycles. The molecule has 3 N–H and O–H groups in total. The van der Waals surface area contributed by atoms with Crippen LogP contribution in [-0.4, -0.2) is 19.6 Å². The zero-order chi connectivity index (χ0) is 6.95. The molecule has 0 aliphatic carbocycles. The molecular weight excluding hydrogens is 112 g/mol. The highest BCUT2D eigenvalue weighted by atomic mass is 14.8. The summed E-state index contributed by atoms with van der Waals surface area (Å²) in [5, 5.41) is 3.28. The van der Waals surface area contributed by atoms with Crippen molar-refractivity contribution in [3.05, 3.63) is 6.42 Å². The number of nitrogens with two attached hydrogens (primary N) is 1. The maximum Gasteiger partial charge on any atom is -0.00369 e. The molecule has 0 saturated carbocycles. The van der Waals surface area contributed by atoms with Crippen molar-refractivity contribution < 1.29 is 0 Å². The lowest BCUT2D eigenvalue weighted by atomic mass is 10.3. The average Bonchev–Trinajstić information content (AvgIpc) is 1.89. The first-order chi connectivity index (χ1) is 4.41. The maximum atomic E-state index is 5.30. The molecule has 0 spiro atoms. The van der Waals surface area contributed by atoms with Crippen molar-refractivity contribution in [2.24, 2.45) is 5.73 Å². The highest BCUT2D eigenvalue weighted by Gasteiger charge is 1.83. The van der Waals surface area contributed by atoms with Crippen molar-refractivity contribution in [2.45, 2.75) is 19.8 Å². The lowest BCUT2D eigenvalue weighted by Gasteiger charge is -1.99. The van der Waals surface area contributed by atoms with Crippen LogP contribution >= 0.6 is 0 Å². The number of nitrogens with one attached hydrogen (secondary N) is 1. The molecule has 2 nitrogen and oxygen atoms in total. The molecule has 0 unspecified atom stereocenters. The first-order valence-electron chi connectivity index (χ1n) is 3.60. The predicted molar refractivity (Wildman–Crippen MR) is 41.1 cm³/mol. The van der Waals surface area contributed by atoms with Crippen LogP contribution in [0.1, 0.15) is 19.8 Å². The van der Waals surface area contributed by atoms with Crippen LogP contribution in [0.3, 0.4) is 0 Å². The molecule has 0 aromatic rings. The van der Waals surface area contributed by atoms with Gasteiger partial charge in [-0.25, -0.2) is 0 Å². The normalized spacial score (nSPS) is 10.0. The summed E-state index contributed by atoms with van der Waals surface area (Å²) in [5.74, 6) is 0. The van der Waals surface area contributed by atoms with Crippen LogP contribution in [-0.2, 0) is 0 Å². The number of hydrogen-bond donors (Lipinski definition) is 2. The van der Waals surface area contributed by atoms with Gasteiger partial charge in [0.1, 0.15) is 0 Å². The summed E-state index contributed by atoms with van der Waals surface area (Å²) >= 11 is 0. The average molecular weight is 129 g/mol. The van der Waals surface area contributed by atoms with Gasteiger partial charge in [-0.1, -0.05) is 6.92 Å². The van der Waals surface area contributed by atoms with E-state index in [1.165, 1.54) is 0 Å². The zero-order valence-electron chi connectivity index (χ0n) is 6.19. The van der Waals surface area contributed by atoms with E-state index in [1.54, 1.807) is 0 Å². The quantitative estimate of drug-likeness (QED) is 0.514. The Hall–Kier alpha value is -0.0800. The molecule has 0 heterocycles. The van der Waals surface area contributed by atoms with Gasteiger partial charge < -0.3 is 11.1 Å². The predicted octanol–water partition coefficient (Wildman–Crippen LogP) is 0.539. The van der Waals surface area contributed by atoms with Crippen molar-refractivity contribution in [1.29, 1.82) is 0 Å². The van der Waals surface area contributed by atoms with E-state index < -0.39 is 0 Å². The number of rotatable bonds is 6. The maximum absolute atomic E-state index is 5.30. The SMILES string of the molecule is C[CH]CCNCCCN. The van der Waals surface area contributed by atoms with E-state index in [1.807, 2.05) is 0 Å². The molecule has 0 saturated heterocycles.